The van der Waals surface area contributed by atoms with Crippen molar-refractivity contribution in [3.8, 4) is 6.07 Å². The maximum Gasteiger partial charge on any atom is 0.186 e. The van der Waals surface area contributed by atoms with Gasteiger partial charge in [0.15, 0.2) is 5.69 Å². The Kier molecular flexibility index (Phi) is 3.63. The molecule has 0 radical (unpaired) electrons. The molecule has 0 aliphatic rings. The van der Waals surface area contributed by atoms with E-state index >= 15 is 0 Å². The Balaban J connectivity index is 2.39. The highest BCUT2D eigenvalue weighted by Crippen LogP contribution is 2.21. The van der Waals surface area contributed by atoms with Crippen LogP contribution in [0.5, 0.6) is 0 Å². The first-order valence-corrected chi connectivity index (χ1v) is 6.08. The zero-order valence-corrected chi connectivity index (χ0v) is 11.0. The third-order valence-corrected chi connectivity index (χ3v) is 3.07. The molecule has 1 aromatic carbocycles. The average Bonchev–Trinajstić information content (AvgIpc) is 2.75. The van der Waals surface area contributed by atoms with Crippen molar-refractivity contribution in [1.29, 1.82) is 5.26 Å². The van der Waals surface area contributed by atoms with Gasteiger partial charge in [0.05, 0.1) is 12.2 Å². The third-order valence-electron chi connectivity index (χ3n) is 2.70. The highest BCUT2D eigenvalue weighted by atomic mass is 35.5. The number of rotatable bonds is 3. The molecular weight excluding hydrogens is 248 g/mol. The summed E-state index contributed by atoms with van der Waals surface area (Å²) in [4.78, 5) is 0. The summed E-state index contributed by atoms with van der Waals surface area (Å²) in [7, 11) is 0. The summed E-state index contributed by atoms with van der Waals surface area (Å²) in [5.74, 6) is 0.192. The van der Waals surface area contributed by atoms with Crippen molar-refractivity contribution in [2.24, 2.45) is 0 Å². The first kappa shape index (κ1) is 12.6. The number of hydrogen-bond donors (Lipinski definition) is 0. The predicted octanol–water partition coefficient (Wildman–Crippen LogP) is 2.97. The summed E-state index contributed by atoms with van der Waals surface area (Å²) >= 11 is 6.12. The van der Waals surface area contributed by atoms with Crippen LogP contribution in [0, 0.1) is 11.3 Å². The zero-order valence-electron chi connectivity index (χ0n) is 10.3. The number of nitrogens with zero attached hydrogens (tertiary/aromatic N) is 4. The molecule has 92 valence electrons. The molecule has 0 unspecified atom stereocenters. The second-order valence-corrected chi connectivity index (χ2v) is 4.75. The van der Waals surface area contributed by atoms with E-state index in [9.17, 15) is 0 Å². The van der Waals surface area contributed by atoms with Crippen LogP contribution in [0.15, 0.2) is 24.3 Å². The van der Waals surface area contributed by atoms with Gasteiger partial charge in [-0.15, -0.1) is 5.10 Å². The van der Waals surface area contributed by atoms with Gasteiger partial charge in [-0.25, -0.2) is 4.68 Å². The average molecular weight is 261 g/mol. The van der Waals surface area contributed by atoms with Crippen LogP contribution in [0.3, 0.4) is 0 Å². The molecule has 1 aromatic heterocycles. The Hall–Kier alpha value is -1.86. The second kappa shape index (κ2) is 5.19. The van der Waals surface area contributed by atoms with Crippen molar-refractivity contribution >= 4 is 11.6 Å². The SMILES string of the molecule is CC(C)c1c(C#N)nnn1Cc1ccccc1Cl. The normalized spacial score (nSPS) is 10.6. The van der Waals surface area contributed by atoms with Crippen LogP contribution in [0.1, 0.15) is 36.7 Å². The van der Waals surface area contributed by atoms with Crippen LogP contribution in [0.2, 0.25) is 5.02 Å². The minimum atomic E-state index is 0.192. The summed E-state index contributed by atoms with van der Waals surface area (Å²) in [6.45, 7) is 4.56. The summed E-state index contributed by atoms with van der Waals surface area (Å²) in [6.07, 6.45) is 0. The van der Waals surface area contributed by atoms with Crippen molar-refractivity contribution in [1.82, 2.24) is 15.0 Å². The topological polar surface area (TPSA) is 54.5 Å². The first-order chi connectivity index (χ1) is 8.63. The molecule has 0 saturated heterocycles. The van der Waals surface area contributed by atoms with Gasteiger partial charge < -0.3 is 0 Å². The monoisotopic (exact) mass is 260 g/mol. The van der Waals surface area contributed by atoms with E-state index in [4.69, 9.17) is 16.9 Å². The summed E-state index contributed by atoms with van der Waals surface area (Å²) in [5, 5.41) is 17.6. The van der Waals surface area contributed by atoms with Crippen LogP contribution in [-0.4, -0.2) is 15.0 Å². The highest BCUT2D eigenvalue weighted by molar-refractivity contribution is 6.31. The minimum absolute atomic E-state index is 0.192. The lowest BCUT2D eigenvalue weighted by atomic mass is 10.1. The molecule has 0 aliphatic carbocycles. The molecule has 2 aromatic rings. The van der Waals surface area contributed by atoms with Gasteiger partial charge in [-0.3, -0.25) is 0 Å². The van der Waals surface area contributed by atoms with Gasteiger partial charge in [-0.1, -0.05) is 48.9 Å². The van der Waals surface area contributed by atoms with Crippen molar-refractivity contribution in [2.75, 3.05) is 0 Å². The summed E-state index contributed by atoms with van der Waals surface area (Å²) in [6, 6.07) is 9.67. The molecule has 0 amide bonds. The molecular formula is C13H13ClN4. The fraction of sp³-hybridized carbons (Fsp3) is 0.308. The van der Waals surface area contributed by atoms with Crippen LogP contribution in [0.4, 0.5) is 0 Å². The Morgan fingerprint density at radius 2 is 2.11 bits per heavy atom. The lowest BCUT2D eigenvalue weighted by Crippen LogP contribution is -2.08. The zero-order chi connectivity index (χ0) is 13.1. The van der Waals surface area contributed by atoms with E-state index in [0.29, 0.717) is 17.3 Å². The minimum Gasteiger partial charge on any atom is -0.243 e. The molecule has 0 fully saturated rings. The van der Waals surface area contributed by atoms with E-state index in [-0.39, 0.29) is 5.92 Å². The van der Waals surface area contributed by atoms with Gasteiger partial charge in [0.2, 0.25) is 0 Å². The standard InChI is InChI=1S/C13H13ClN4/c1-9(2)13-12(7-15)16-17-18(13)8-10-5-3-4-6-11(10)14/h3-6,9H,8H2,1-2H3. The fourth-order valence-corrected chi connectivity index (χ4v) is 2.07. The predicted molar refractivity (Wildman–Crippen MR) is 69.4 cm³/mol. The van der Waals surface area contributed by atoms with E-state index in [1.54, 1.807) is 4.68 Å². The number of benzene rings is 1. The Morgan fingerprint density at radius 3 is 2.72 bits per heavy atom. The lowest BCUT2D eigenvalue weighted by molar-refractivity contribution is 0.598. The van der Waals surface area contributed by atoms with Crippen LogP contribution in [-0.2, 0) is 6.54 Å². The molecule has 0 bridgehead atoms. The summed E-state index contributed by atoms with van der Waals surface area (Å²) in [5.41, 5.74) is 2.20. The van der Waals surface area contributed by atoms with Gasteiger partial charge in [0.25, 0.3) is 0 Å². The molecule has 0 spiro atoms. The maximum absolute atomic E-state index is 9.01. The van der Waals surface area contributed by atoms with Gasteiger partial charge in [0.1, 0.15) is 6.07 Å². The Morgan fingerprint density at radius 1 is 1.39 bits per heavy atom. The van der Waals surface area contributed by atoms with Crippen molar-refractivity contribution < 1.29 is 0 Å². The van der Waals surface area contributed by atoms with Crippen LogP contribution >= 0.6 is 11.6 Å². The molecule has 18 heavy (non-hydrogen) atoms. The van der Waals surface area contributed by atoms with E-state index < -0.39 is 0 Å². The first-order valence-electron chi connectivity index (χ1n) is 5.70. The quantitative estimate of drug-likeness (QED) is 0.853. The van der Waals surface area contributed by atoms with Gasteiger partial charge >= 0.3 is 0 Å². The van der Waals surface area contributed by atoms with Gasteiger partial charge in [-0.2, -0.15) is 5.26 Å². The van der Waals surface area contributed by atoms with Crippen molar-refractivity contribution in [2.45, 2.75) is 26.3 Å². The second-order valence-electron chi connectivity index (χ2n) is 4.34. The van der Waals surface area contributed by atoms with E-state index in [1.165, 1.54) is 0 Å². The molecule has 0 aliphatic heterocycles. The van der Waals surface area contributed by atoms with Crippen LogP contribution < -0.4 is 0 Å². The molecule has 2 rings (SSSR count). The third kappa shape index (κ3) is 2.36. The van der Waals surface area contributed by atoms with E-state index in [0.717, 1.165) is 11.3 Å². The number of halogens is 1. The number of hydrogen-bond acceptors (Lipinski definition) is 3. The van der Waals surface area contributed by atoms with E-state index in [1.807, 2.05) is 38.1 Å². The van der Waals surface area contributed by atoms with Gasteiger partial charge in [0, 0.05) is 5.02 Å². The largest absolute Gasteiger partial charge is 0.243 e. The molecule has 0 saturated carbocycles. The molecule has 0 atom stereocenters. The maximum atomic E-state index is 9.01. The van der Waals surface area contributed by atoms with Crippen molar-refractivity contribution in [3.63, 3.8) is 0 Å². The van der Waals surface area contributed by atoms with Gasteiger partial charge in [-0.05, 0) is 17.5 Å². The van der Waals surface area contributed by atoms with Crippen molar-refractivity contribution in [3.05, 3.63) is 46.2 Å². The highest BCUT2D eigenvalue weighted by Gasteiger charge is 2.16. The number of nitriles is 1. The Bertz CT molecular complexity index is 595. The molecule has 4 nitrogen and oxygen atoms in total. The van der Waals surface area contributed by atoms with Crippen LogP contribution in [0.25, 0.3) is 0 Å². The van der Waals surface area contributed by atoms with E-state index in [2.05, 4.69) is 16.4 Å². The smallest absolute Gasteiger partial charge is 0.186 e. The summed E-state index contributed by atoms with van der Waals surface area (Å²) < 4.78 is 1.74. The lowest BCUT2D eigenvalue weighted by Gasteiger charge is -2.10. The fourth-order valence-electron chi connectivity index (χ4n) is 1.88. The molecule has 5 heteroatoms. The molecule has 1 heterocycles. The number of aromatic nitrogens is 3. The Labute approximate surface area is 111 Å². The molecule has 0 N–H and O–H groups in total.